The third-order valence-electron chi connectivity index (χ3n) is 2.81. The molecule has 1 aromatic heterocycles. The fourth-order valence-corrected chi connectivity index (χ4v) is 3.08. The van der Waals surface area contributed by atoms with E-state index in [0.717, 1.165) is 12.1 Å². The molecule has 1 N–H and O–H groups in total. The summed E-state index contributed by atoms with van der Waals surface area (Å²) in [6, 6.07) is 8.55. The van der Waals surface area contributed by atoms with Gasteiger partial charge in [-0.15, -0.1) is 13.2 Å². The maximum atomic E-state index is 12.3. The van der Waals surface area contributed by atoms with Crippen LogP contribution < -0.4 is 9.46 Å². The largest absolute Gasteiger partial charge is 0.573 e. The van der Waals surface area contributed by atoms with E-state index in [1.54, 1.807) is 25.1 Å². The predicted octanol–water partition coefficient (Wildman–Crippen LogP) is 3.02. The molecule has 0 aliphatic rings. The van der Waals surface area contributed by atoms with Crippen molar-refractivity contribution >= 4 is 10.0 Å². The first kappa shape index (κ1) is 17.2. The second kappa shape index (κ2) is 6.55. The zero-order chi connectivity index (χ0) is 17.1. The maximum absolute atomic E-state index is 12.3. The van der Waals surface area contributed by atoms with Crippen molar-refractivity contribution in [1.29, 1.82) is 0 Å². The summed E-state index contributed by atoms with van der Waals surface area (Å²) in [5.41, 5.74) is 0.485. The summed E-state index contributed by atoms with van der Waals surface area (Å²) in [4.78, 5) is 3.69. The molecule has 0 aliphatic carbocycles. The van der Waals surface area contributed by atoms with Crippen molar-refractivity contribution < 1.29 is 26.3 Å². The molecule has 2 aromatic rings. The number of nitrogens with one attached hydrogen (secondary N) is 1. The summed E-state index contributed by atoms with van der Waals surface area (Å²) in [5.74, 6) is -0.606. The maximum Gasteiger partial charge on any atom is 0.573 e. The van der Waals surface area contributed by atoms with Crippen LogP contribution in [0, 0.1) is 0 Å². The highest BCUT2D eigenvalue weighted by Gasteiger charge is 2.31. The number of nitrogens with zero attached hydrogens (tertiary/aromatic N) is 1. The van der Waals surface area contributed by atoms with E-state index in [4.69, 9.17) is 0 Å². The van der Waals surface area contributed by atoms with E-state index >= 15 is 0 Å². The number of hydrogen-bond donors (Lipinski definition) is 1. The van der Waals surface area contributed by atoms with Gasteiger partial charge in [0.25, 0.3) is 0 Å². The zero-order valence-corrected chi connectivity index (χ0v) is 12.7. The fraction of sp³-hybridized carbons (Fsp3) is 0.214. The molecule has 0 spiro atoms. The predicted molar refractivity (Wildman–Crippen MR) is 76.1 cm³/mol. The molecule has 1 atom stereocenters. The number of ether oxygens (including phenoxy) is 1. The van der Waals surface area contributed by atoms with Gasteiger partial charge in [0, 0.05) is 12.3 Å². The lowest BCUT2D eigenvalue weighted by Gasteiger charge is -2.15. The van der Waals surface area contributed by atoms with Crippen molar-refractivity contribution in [1.82, 2.24) is 9.71 Å². The smallest absolute Gasteiger partial charge is 0.406 e. The Hall–Kier alpha value is -2.13. The quantitative estimate of drug-likeness (QED) is 0.904. The zero-order valence-electron chi connectivity index (χ0n) is 11.9. The van der Waals surface area contributed by atoms with Gasteiger partial charge in [-0.25, -0.2) is 13.1 Å². The van der Waals surface area contributed by atoms with Crippen LogP contribution in [0.1, 0.15) is 18.7 Å². The van der Waals surface area contributed by atoms with Gasteiger partial charge in [-0.2, -0.15) is 0 Å². The molecule has 0 fully saturated rings. The Morgan fingerprint density at radius 2 is 1.91 bits per heavy atom. The number of rotatable bonds is 5. The van der Waals surface area contributed by atoms with Crippen molar-refractivity contribution in [3.8, 4) is 5.75 Å². The molecule has 9 heteroatoms. The van der Waals surface area contributed by atoms with Crippen LogP contribution in [0.25, 0.3) is 0 Å². The van der Waals surface area contributed by atoms with Crippen LogP contribution in [0.3, 0.4) is 0 Å². The van der Waals surface area contributed by atoms with Gasteiger partial charge in [0.15, 0.2) is 0 Å². The SMILES string of the molecule is CC(NS(=O)(=O)c1cccc(OC(F)(F)F)c1)c1ccccn1. The number of sulfonamides is 1. The Bertz CT molecular complexity index is 764. The second-order valence-corrected chi connectivity index (χ2v) is 6.33. The van der Waals surface area contributed by atoms with E-state index in [2.05, 4.69) is 14.4 Å². The average Bonchev–Trinajstić information content (AvgIpc) is 2.46. The fourth-order valence-electron chi connectivity index (χ4n) is 1.83. The Kier molecular flexibility index (Phi) is 4.90. The van der Waals surface area contributed by atoms with Gasteiger partial charge in [0.1, 0.15) is 5.75 Å². The number of pyridine rings is 1. The number of aromatic nitrogens is 1. The number of alkyl halides is 3. The molecule has 1 aromatic carbocycles. The first-order chi connectivity index (χ1) is 10.7. The Morgan fingerprint density at radius 1 is 1.17 bits per heavy atom. The lowest BCUT2D eigenvalue weighted by molar-refractivity contribution is -0.274. The number of benzene rings is 1. The van der Waals surface area contributed by atoms with Gasteiger partial charge < -0.3 is 4.74 Å². The molecule has 124 valence electrons. The van der Waals surface area contributed by atoms with Gasteiger partial charge >= 0.3 is 6.36 Å². The second-order valence-electron chi connectivity index (χ2n) is 4.62. The minimum absolute atomic E-state index is 0.331. The van der Waals surface area contributed by atoms with Crippen molar-refractivity contribution in [3.05, 3.63) is 54.4 Å². The highest BCUT2D eigenvalue weighted by atomic mass is 32.2. The van der Waals surface area contributed by atoms with E-state index in [1.807, 2.05) is 0 Å². The summed E-state index contributed by atoms with van der Waals surface area (Å²) < 4.78 is 67.2. The van der Waals surface area contributed by atoms with E-state index in [-0.39, 0.29) is 4.90 Å². The van der Waals surface area contributed by atoms with E-state index in [0.29, 0.717) is 5.69 Å². The molecule has 1 heterocycles. The van der Waals surface area contributed by atoms with Crippen LogP contribution in [-0.4, -0.2) is 19.8 Å². The molecule has 0 saturated heterocycles. The van der Waals surface area contributed by atoms with Crippen LogP contribution in [0.15, 0.2) is 53.6 Å². The Labute approximate surface area is 131 Å². The highest BCUT2D eigenvalue weighted by molar-refractivity contribution is 7.89. The summed E-state index contributed by atoms with van der Waals surface area (Å²) in [6.45, 7) is 1.58. The van der Waals surface area contributed by atoms with Crippen LogP contribution in [0.2, 0.25) is 0 Å². The molecular formula is C14H13F3N2O3S. The van der Waals surface area contributed by atoms with Crippen molar-refractivity contribution in [2.75, 3.05) is 0 Å². The molecule has 23 heavy (non-hydrogen) atoms. The molecule has 2 rings (SSSR count). The Balaban J connectivity index is 2.21. The minimum atomic E-state index is -4.89. The summed E-state index contributed by atoms with van der Waals surface area (Å²) in [5, 5.41) is 0. The third-order valence-corrected chi connectivity index (χ3v) is 4.35. The van der Waals surface area contributed by atoms with Gasteiger partial charge in [0.05, 0.1) is 16.6 Å². The van der Waals surface area contributed by atoms with Gasteiger partial charge in [-0.1, -0.05) is 12.1 Å². The van der Waals surface area contributed by atoms with E-state index < -0.39 is 28.2 Å². The van der Waals surface area contributed by atoms with Crippen LogP contribution in [0.4, 0.5) is 13.2 Å². The topological polar surface area (TPSA) is 68.3 Å². The van der Waals surface area contributed by atoms with Gasteiger partial charge in [-0.05, 0) is 31.2 Å². The van der Waals surface area contributed by atoms with E-state index in [9.17, 15) is 21.6 Å². The lowest BCUT2D eigenvalue weighted by atomic mass is 10.2. The molecular weight excluding hydrogens is 333 g/mol. The first-order valence-corrected chi connectivity index (χ1v) is 7.95. The standard InChI is InChI=1S/C14H13F3N2O3S/c1-10(13-7-2-3-8-18-13)19-23(20,21)12-6-4-5-11(9-12)22-14(15,16)17/h2-10,19H,1H3. The molecule has 0 radical (unpaired) electrons. The molecule has 0 aliphatic heterocycles. The van der Waals surface area contributed by atoms with Gasteiger partial charge in [0.2, 0.25) is 10.0 Å². The minimum Gasteiger partial charge on any atom is -0.406 e. The molecule has 0 bridgehead atoms. The van der Waals surface area contributed by atoms with Crippen molar-refractivity contribution in [3.63, 3.8) is 0 Å². The van der Waals surface area contributed by atoms with E-state index in [1.165, 1.54) is 18.3 Å². The van der Waals surface area contributed by atoms with Gasteiger partial charge in [-0.3, -0.25) is 4.98 Å². The molecule has 0 saturated carbocycles. The van der Waals surface area contributed by atoms with Crippen LogP contribution in [-0.2, 0) is 10.0 Å². The number of halogens is 3. The normalized spacial score (nSPS) is 13.6. The van der Waals surface area contributed by atoms with Crippen molar-refractivity contribution in [2.45, 2.75) is 24.2 Å². The van der Waals surface area contributed by atoms with Crippen molar-refractivity contribution in [2.24, 2.45) is 0 Å². The lowest BCUT2D eigenvalue weighted by Crippen LogP contribution is -2.27. The van der Waals surface area contributed by atoms with Crippen LogP contribution in [0.5, 0.6) is 5.75 Å². The van der Waals surface area contributed by atoms with Crippen LogP contribution >= 0.6 is 0 Å². The molecule has 0 amide bonds. The highest BCUT2D eigenvalue weighted by Crippen LogP contribution is 2.25. The number of hydrogen-bond acceptors (Lipinski definition) is 4. The monoisotopic (exact) mass is 346 g/mol. The third kappa shape index (κ3) is 4.93. The summed E-state index contributed by atoms with van der Waals surface area (Å²) in [7, 11) is -4.02. The molecule has 1 unspecified atom stereocenters. The Morgan fingerprint density at radius 3 is 2.52 bits per heavy atom. The average molecular weight is 346 g/mol. The summed E-state index contributed by atoms with van der Waals surface area (Å²) >= 11 is 0. The first-order valence-electron chi connectivity index (χ1n) is 6.46. The molecule has 5 nitrogen and oxygen atoms in total. The summed E-state index contributed by atoms with van der Waals surface area (Å²) in [6.07, 6.45) is -3.38.